The summed E-state index contributed by atoms with van der Waals surface area (Å²) in [5.41, 5.74) is 2.26. The van der Waals surface area contributed by atoms with Crippen molar-refractivity contribution in [3.63, 3.8) is 0 Å². The summed E-state index contributed by atoms with van der Waals surface area (Å²) in [6.07, 6.45) is 0. The molecule has 27 heavy (non-hydrogen) atoms. The van der Waals surface area contributed by atoms with Gasteiger partial charge in [-0.25, -0.2) is 8.42 Å². The molecule has 0 saturated heterocycles. The van der Waals surface area contributed by atoms with Gasteiger partial charge in [0.25, 0.3) is 10.0 Å². The minimum absolute atomic E-state index is 0.127. The van der Waals surface area contributed by atoms with Crippen LogP contribution in [0.25, 0.3) is 0 Å². The Labute approximate surface area is 165 Å². The van der Waals surface area contributed by atoms with Crippen LogP contribution in [0, 0.1) is 6.92 Å². The van der Waals surface area contributed by atoms with Gasteiger partial charge in [0, 0.05) is 5.02 Å². The predicted molar refractivity (Wildman–Crippen MR) is 109 cm³/mol. The van der Waals surface area contributed by atoms with Gasteiger partial charge in [-0.3, -0.25) is 4.31 Å². The second-order valence-electron chi connectivity index (χ2n) is 6.11. The summed E-state index contributed by atoms with van der Waals surface area (Å²) >= 11 is 6.28. The number of ether oxygens (including phenoxy) is 1. The second kappa shape index (κ2) is 8.03. The Hall–Kier alpha value is -2.50. The number of rotatable bonds is 6. The number of anilines is 1. The largest absolute Gasteiger partial charge is 0.497 e. The van der Waals surface area contributed by atoms with E-state index in [-0.39, 0.29) is 11.4 Å². The molecule has 140 valence electrons. The molecule has 0 saturated carbocycles. The zero-order valence-electron chi connectivity index (χ0n) is 15.1. The van der Waals surface area contributed by atoms with E-state index in [4.69, 9.17) is 16.3 Å². The molecule has 0 aromatic heterocycles. The number of benzene rings is 3. The summed E-state index contributed by atoms with van der Waals surface area (Å²) in [5, 5.41) is 0.523. The molecule has 0 amide bonds. The lowest BCUT2D eigenvalue weighted by Gasteiger charge is -2.25. The molecule has 0 aliphatic heterocycles. The monoisotopic (exact) mass is 401 g/mol. The Morgan fingerprint density at radius 1 is 0.926 bits per heavy atom. The highest BCUT2D eigenvalue weighted by Gasteiger charge is 2.26. The van der Waals surface area contributed by atoms with Gasteiger partial charge < -0.3 is 4.74 Å². The Bertz CT molecular complexity index is 1020. The van der Waals surface area contributed by atoms with Crippen molar-refractivity contribution in [1.29, 1.82) is 0 Å². The smallest absolute Gasteiger partial charge is 0.264 e. The van der Waals surface area contributed by atoms with E-state index in [0.717, 1.165) is 11.1 Å². The van der Waals surface area contributed by atoms with Gasteiger partial charge in [-0.1, -0.05) is 47.5 Å². The maximum Gasteiger partial charge on any atom is 0.264 e. The number of aryl methyl sites for hydroxylation is 1. The Kier molecular flexibility index (Phi) is 5.73. The number of nitrogens with zero attached hydrogens (tertiary/aromatic N) is 1. The maximum absolute atomic E-state index is 13.4. The van der Waals surface area contributed by atoms with Gasteiger partial charge >= 0.3 is 0 Å². The van der Waals surface area contributed by atoms with E-state index >= 15 is 0 Å². The van der Waals surface area contributed by atoms with Crippen LogP contribution >= 0.6 is 11.6 Å². The van der Waals surface area contributed by atoms with Gasteiger partial charge in [-0.15, -0.1) is 0 Å². The van der Waals surface area contributed by atoms with Crippen LogP contribution < -0.4 is 9.04 Å². The first-order chi connectivity index (χ1) is 12.9. The fraction of sp³-hybridized carbons (Fsp3) is 0.143. The van der Waals surface area contributed by atoms with Crippen LogP contribution in [0.3, 0.4) is 0 Å². The molecule has 0 unspecified atom stereocenters. The first-order valence-corrected chi connectivity index (χ1v) is 10.2. The van der Waals surface area contributed by atoms with Crippen LogP contribution in [0.4, 0.5) is 5.69 Å². The summed E-state index contributed by atoms with van der Waals surface area (Å²) in [6, 6.07) is 21.0. The molecule has 3 rings (SSSR count). The summed E-state index contributed by atoms with van der Waals surface area (Å²) in [4.78, 5) is 0.232. The normalized spacial score (nSPS) is 11.2. The molecule has 6 heteroatoms. The second-order valence-corrected chi connectivity index (χ2v) is 8.38. The lowest BCUT2D eigenvalue weighted by molar-refractivity contribution is 0.415. The molecule has 0 spiro atoms. The third kappa shape index (κ3) is 4.26. The molecule has 4 nitrogen and oxygen atoms in total. The topological polar surface area (TPSA) is 46.6 Å². The average molecular weight is 402 g/mol. The predicted octanol–water partition coefficient (Wildman–Crippen LogP) is 5.05. The Morgan fingerprint density at radius 3 is 2.15 bits per heavy atom. The van der Waals surface area contributed by atoms with Crippen LogP contribution in [0.1, 0.15) is 11.1 Å². The molecular formula is C21H20ClNO3S. The SMILES string of the molecule is COc1ccc(N(Cc2ccccc2Cl)S(=O)(=O)c2ccc(C)cc2)cc1. The van der Waals surface area contributed by atoms with Crippen molar-refractivity contribution in [2.75, 3.05) is 11.4 Å². The summed E-state index contributed by atoms with van der Waals surface area (Å²) in [7, 11) is -2.20. The molecule has 3 aromatic carbocycles. The fourth-order valence-corrected chi connectivity index (χ4v) is 4.32. The van der Waals surface area contributed by atoms with Crippen molar-refractivity contribution in [3.8, 4) is 5.75 Å². The van der Waals surface area contributed by atoms with E-state index in [9.17, 15) is 8.42 Å². The first-order valence-electron chi connectivity index (χ1n) is 8.38. The molecule has 0 heterocycles. The van der Waals surface area contributed by atoms with E-state index in [1.165, 1.54) is 4.31 Å². The maximum atomic E-state index is 13.4. The summed E-state index contributed by atoms with van der Waals surface area (Å²) in [6.45, 7) is 2.05. The number of halogens is 1. The van der Waals surface area contributed by atoms with E-state index in [0.29, 0.717) is 16.5 Å². The van der Waals surface area contributed by atoms with Gasteiger partial charge in [0.2, 0.25) is 0 Å². The van der Waals surface area contributed by atoms with Crippen molar-refractivity contribution in [1.82, 2.24) is 0 Å². The number of hydrogen-bond donors (Lipinski definition) is 0. The van der Waals surface area contributed by atoms with Crippen LogP contribution in [-0.4, -0.2) is 15.5 Å². The molecule has 0 radical (unpaired) electrons. The molecule has 0 fully saturated rings. The fourth-order valence-electron chi connectivity index (χ4n) is 2.68. The number of hydrogen-bond acceptors (Lipinski definition) is 3. The Balaban J connectivity index is 2.08. The standard InChI is InChI=1S/C21H20ClNO3S/c1-16-7-13-20(14-8-16)27(24,25)23(15-17-5-3-4-6-21(17)22)18-9-11-19(26-2)12-10-18/h3-14H,15H2,1-2H3. The molecule has 0 atom stereocenters. The van der Waals surface area contributed by atoms with Crippen molar-refractivity contribution in [3.05, 3.63) is 88.9 Å². The van der Waals surface area contributed by atoms with Crippen LogP contribution in [0.15, 0.2) is 77.7 Å². The van der Waals surface area contributed by atoms with Gasteiger partial charge in [-0.2, -0.15) is 0 Å². The van der Waals surface area contributed by atoms with Crippen molar-refractivity contribution in [2.24, 2.45) is 0 Å². The molecule has 3 aromatic rings. The van der Waals surface area contributed by atoms with E-state index in [1.807, 2.05) is 25.1 Å². The van der Waals surface area contributed by atoms with Gasteiger partial charge in [-0.05, 0) is 55.0 Å². The van der Waals surface area contributed by atoms with Gasteiger partial charge in [0.1, 0.15) is 5.75 Å². The summed E-state index contributed by atoms with van der Waals surface area (Å²) in [5.74, 6) is 0.657. The minimum Gasteiger partial charge on any atom is -0.497 e. The third-order valence-electron chi connectivity index (χ3n) is 4.24. The Morgan fingerprint density at radius 2 is 1.56 bits per heavy atom. The van der Waals surface area contributed by atoms with E-state index in [1.54, 1.807) is 61.7 Å². The molecule has 0 N–H and O–H groups in total. The highest BCUT2D eigenvalue weighted by Crippen LogP contribution is 2.29. The third-order valence-corrected chi connectivity index (χ3v) is 6.40. The quantitative estimate of drug-likeness (QED) is 0.580. The molecule has 0 aliphatic carbocycles. The first kappa shape index (κ1) is 19.3. The van der Waals surface area contributed by atoms with E-state index in [2.05, 4.69) is 0 Å². The van der Waals surface area contributed by atoms with Crippen molar-refractivity contribution >= 4 is 27.3 Å². The van der Waals surface area contributed by atoms with Gasteiger partial charge in [0.05, 0.1) is 24.2 Å². The minimum atomic E-state index is -3.77. The van der Waals surface area contributed by atoms with E-state index < -0.39 is 10.0 Å². The van der Waals surface area contributed by atoms with Crippen molar-refractivity contribution < 1.29 is 13.2 Å². The molecular weight excluding hydrogens is 382 g/mol. The summed E-state index contributed by atoms with van der Waals surface area (Å²) < 4.78 is 33.3. The van der Waals surface area contributed by atoms with Crippen LogP contribution in [0.5, 0.6) is 5.75 Å². The highest BCUT2D eigenvalue weighted by molar-refractivity contribution is 7.92. The zero-order valence-corrected chi connectivity index (χ0v) is 16.7. The zero-order chi connectivity index (χ0) is 19.4. The number of methoxy groups -OCH3 is 1. The van der Waals surface area contributed by atoms with Crippen LogP contribution in [-0.2, 0) is 16.6 Å². The average Bonchev–Trinajstić information content (AvgIpc) is 2.68. The molecule has 0 aliphatic rings. The van der Waals surface area contributed by atoms with Crippen molar-refractivity contribution in [2.45, 2.75) is 18.4 Å². The van der Waals surface area contributed by atoms with Crippen LogP contribution in [0.2, 0.25) is 5.02 Å². The lowest BCUT2D eigenvalue weighted by Crippen LogP contribution is -2.30. The number of sulfonamides is 1. The highest BCUT2D eigenvalue weighted by atomic mass is 35.5. The molecule has 0 bridgehead atoms. The lowest BCUT2D eigenvalue weighted by atomic mass is 10.2. The van der Waals surface area contributed by atoms with Gasteiger partial charge in [0.15, 0.2) is 0 Å².